The Labute approximate surface area is 268 Å². The molecular formula is C32H43FN6O6S. The van der Waals surface area contributed by atoms with Gasteiger partial charge in [0.25, 0.3) is 5.91 Å². The zero-order valence-electron chi connectivity index (χ0n) is 26.3. The van der Waals surface area contributed by atoms with E-state index in [4.69, 9.17) is 10.5 Å². The summed E-state index contributed by atoms with van der Waals surface area (Å²) < 4.78 is 48.6. The summed E-state index contributed by atoms with van der Waals surface area (Å²) in [5.41, 5.74) is 5.92. The van der Waals surface area contributed by atoms with E-state index in [1.54, 1.807) is 12.1 Å². The molecule has 4 N–H and O–H groups in total. The normalized spacial score (nSPS) is 30.9. The number of carbonyl (C=O) groups is 3. The maximum Gasteiger partial charge on any atom is 0.259 e. The van der Waals surface area contributed by atoms with E-state index >= 15 is 0 Å². The molecule has 2 aliphatic heterocycles. The first-order chi connectivity index (χ1) is 21.9. The molecule has 2 saturated carbocycles. The minimum atomic E-state index is -3.84. The minimum Gasteiger partial charge on any atom is -0.471 e. The van der Waals surface area contributed by atoms with E-state index < -0.39 is 62.5 Å². The number of benzene rings is 1. The molecule has 3 heterocycles. The first-order valence-electron chi connectivity index (χ1n) is 16.5. The van der Waals surface area contributed by atoms with Crippen molar-refractivity contribution in [2.45, 2.75) is 113 Å². The van der Waals surface area contributed by atoms with E-state index in [2.05, 4.69) is 20.0 Å². The number of rotatable bonds is 6. The van der Waals surface area contributed by atoms with E-state index in [0.717, 1.165) is 32.1 Å². The molecule has 0 spiro atoms. The molecule has 2 aliphatic carbocycles. The number of hydrogen-bond donors (Lipinski definition) is 3. The first kappa shape index (κ1) is 32.5. The Hall–Kier alpha value is -3.39. The largest absolute Gasteiger partial charge is 0.471 e. The number of carbonyl (C=O) groups excluding carboxylic acids is 3. The highest BCUT2D eigenvalue weighted by Crippen LogP contribution is 2.51. The molecule has 2 saturated heterocycles. The fourth-order valence-electron chi connectivity index (χ4n) is 7.06. The molecule has 6 rings (SSSR count). The van der Waals surface area contributed by atoms with Crippen molar-refractivity contribution in [3.05, 3.63) is 29.7 Å². The molecular weight excluding hydrogens is 615 g/mol. The van der Waals surface area contributed by atoms with Gasteiger partial charge in [0.2, 0.25) is 27.7 Å². The Balaban J connectivity index is 1.29. The quantitative estimate of drug-likeness (QED) is 0.421. The summed E-state index contributed by atoms with van der Waals surface area (Å²) in [5.74, 6) is -2.29. The summed E-state index contributed by atoms with van der Waals surface area (Å²) >= 11 is 0. The van der Waals surface area contributed by atoms with Gasteiger partial charge in [-0.2, -0.15) is 0 Å². The molecule has 46 heavy (non-hydrogen) atoms. The zero-order chi connectivity index (χ0) is 32.8. The Morgan fingerprint density at radius 1 is 1.15 bits per heavy atom. The molecule has 4 aliphatic rings. The second kappa shape index (κ2) is 12.7. The molecule has 1 unspecified atom stereocenters. The zero-order valence-corrected chi connectivity index (χ0v) is 27.2. The fraction of sp³-hybridized carbons (Fsp3) is 0.656. The van der Waals surface area contributed by atoms with Crippen LogP contribution in [-0.2, 0) is 30.8 Å². The number of nitrogens with one attached hydrogen (secondary N) is 2. The van der Waals surface area contributed by atoms with Gasteiger partial charge < -0.3 is 20.7 Å². The molecule has 250 valence electrons. The first-order valence-corrected chi connectivity index (χ1v) is 18.0. The molecule has 12 nitrogen and oxygen atoms in total. The topological polar surface area (TPSA) is 174 Å². The van der Waals surface area contributed by atoms with Crippen molar-refractivity contribution in [3.8, 4) is 5.88 Å². The lowest BCUT2D eigenvalue weighted by Crippen LogP contribution is -2.58. The summed E-state index contributed by atoms with van der Waals surface area (Å²) in [4.78, 5) is 51.8. The smallest absolute Gasteiger partial charge is 0.259 e. The van der Waals surface area contributed by atoms with Crippen LogP contribution < -0.4 is 20.5 Å². The predicted molar refractivity (Wildman–Crippen MR) is 167 cm³/mol. The van der Waals surface area contributed by atoms with Gasteiger partial charge in [0.05, 0.1) is 23.4 Å². The van der Waals surface area contributed by atoms with Crippen molar-refractivity contribution >= 4 is 38.8 Å². The maximum absolute atomic E-state index is 14.6. The van der Waals surface area contributed by atoms with E-state index in [0.29, 0.717) is 43.3 Å². The number of aromatic nitrogens is 2. The standard InChI is InChI=1S/C32H43FN6O6S/c1-3-24-29(36-27-22(33)10-8-12-25(27)35-24)45-19-15-26-28(40)37-32(31(42)38-46(43,44)20-13-14-20)16-21(32)18(2)9-6-4-5-7-11-23(34)30(41)39(26)17-19/h8,10,12,18-21,23,26H,3-7,9,11,13-17,34H2,1-2H3,(H,37,40)(H,38,42)/t18?,19-,21+,23+,26+,32-/m1/s1. The number of nitrogens with zero attached hydrogens (tertiary/aromatic N) is 3. The van der Waals surface area contributed by atoms with Crippen molar-refractivity contribution in [2.75, 3.05) is 6.54 Å². The SMILES string of the molecule is CCc1nc2cccc(F)c2nc1O[C@@H]1C[C@H]2C(=O)N[C@]3(C(=O)NS(=O)(=O)C4CC4)C[C@H]3C(C)CCCCCC[C@H](N)C(=O)N2C1. The van der Waals surface area contributed by atoms with Crippen LogP contribution in [0.15, 0.2) is 18.2 Å². The van der Waals surface area contributed by atoms with Crippen LogP contribution in [0.4, 0.5) is 4.39 Å². The molecule has 6 atom stereocenters. The number of sulfonamides is 1. The lowest BCUT2D eigenvalue weighted by Gasteiger charge is -2.28. The van der Waals surface area contributed by atoms with Gasteiger partial charge in [0.15, 0.2) is 5.82 Å². The van der Waals surface area contributed by atoms with Crippen LogP contribution in [0.2, 0.25) is 0 Å². The van der Waals surface area contributed by atoms with Gasteiger partial charge in [-0.15, -0.1) is 0 Å². The summed E-state index contributed by atoms with van der Waals surface area (Å²) in [7, 11) is -3.84. The van der Waals surface area contributed by atoms with Crippen LogP contribution in [0.25, 0.3) is 11.0 Å². The molecule has 3 amide bonds. The van der Waals surface area contributed by atoms with Crippen LogP contribution in [0.1, 0.15) is 83.7 Å². The van der Waals surface area contributed by atoms with Crippen molar-refractivity contribution in [3.63, 3.8) is 0 Å². The fourth-order valence-corrected chi connectivity index (χ4v) is 8.43. The third-order valence-corrected chi connectivity index (χ3v) is 11.9. The highest BCUT2D eigenvalue weighted by atomic mass is 32.2. The van der Waals surface area contributed by atoms with E-state index in [9.17, 15) is 27.2 Å². The number of hydrogen-bond acceptors (Lipinski definition) is 9. The molecule has 2 aromatic rings. The summed E-state index contributed by atoms with van der Waals surface area (Å²) in [6, 6.07) is 2.66. The van der Waals surface area contributed by atoms with Crippen LogP contribution in [0, 0.1) is 17.7 Å². The monoisotopic (exact) mass is 658 g/mol. The van der Waals surface area contributed by atoms with Crippen LogP contribution in [0.5, 0.6) is 5.88 Å². The van der Waals surface area contributed by atoms with E-state index in [1.165, 1.54) is 11.0 Å². The summed E-state index contributed by atoms with van der Waals surface area (Å²) in [5, 5.41) is 2.32. The number of para-hydroxylation sites is 1. The van der Waals surface area contributed by atoms with Gasteiger partial charge in [-0.1, -0.05) is 52.0 Å². The van der Waals surface area contributed by atoms with Crippen molar-refractivity contribution in [2.24, 2.45) is 17.6 Å². The Morgan fingerprint density at radius 2 is 1.89 bits per heavy atom. The molecule has 4 fully saturated rings. The van der Waals surface area contributed by atoms with Crippen LogP contribution in [-0.4, -0.2) is 76.5 Å². The van der Waals surface area contributed by atoms with Crippen LogP contribution >= 0.6 is 0 Å². The number of fused-ring (bicyclic) bond motifs is 3. The van der Waals surface area contributed by atoms with Crippen LogP contribution in [0.3, 0.4) is 0 Å². The van der Waals surface area contributed by atoms with Gasteiger partial charge in [-0.25, -0.2) is 22.8 Å². The average Bonchev–Trinajstić information content (AvgIpc) is 3.95. The van der Waals surface area contributed by atoms with Crippen molar-refractivity contribution in [1.29, 1.82) is 0 Å². The third kappa shape index (κ3) is 6.42. The van der Waals surface area contributed by atoms with Crippen molar-refractivity contribution < 1.29 is 31.9 Å². The number of amides is 3. The Morgan fingerprint density at radius 3 is 2.61 bits per heavy atom. The van der Waals surface area contributed by atoms with Gasteiger partial charge >= 0.3 is 0 Å². The average molecular weight is 659 g/mol. The lowest BCUT2D eigenvalue weighted by molar-refractivity contribution is -0.140. The second-order valence-corrected chi connectivity index (χ2v) is 15.4. The van der Waals surface area contributed by atoms with Gasteiger partial charge in [-0.3, -0.25) is 19.1 Å². The minimum absolute atomic E-state index is 0.0276. The maximum atomic E-state index is 14.6. The predicted octanol–water partition coefficient (Wildman–Crippen LogP) is 2.48. The van der Waals surface area contributed by atoms with Gasteiger partial charge in [-0.05, 0) is 56.1 Å². The number of aryl methyl sites for hydroxylation is 1. The third-order valence-electron chi connectivity index (χ3n) is 10.0. The van der Waals surface area contributed by atoms with Gasteiger partial charge in [0.1, 0.15) is 28.9 Å². The molecule has 14 heteroatoms. The lowest BCUT2D eigenvalue weighted by atomic mass is 9.94. The number of halogens is 1. The molecule has 1 aromatic carbocycles. The summed E-state index contributed by atoms with van der Waals surface area (Å²) in [6.07, 6.45) is 5.95. The molecule has 0 radical (unpaired) electrons. The van der Waals surface area contributed by atoms with E-state index in [1.807, 2.05) is 13.8 Å². The molecule has 0 bridgehead atoms. The molecule has 1 aromatic heterocycles. The van der Waals surface area contributed by atoms with Gasteiger partial charge in [0, 0.05) is 6.42 Å². The highest BCUT2D eigenvalue weighted by molar-refractivity contribution is 7.91. The van der Waals surface area contributed by atoms with Crippen molar-refractivity contribution in [1.82, 2.24) is 24.9 Å². The Kier molecular flexibility index (Phi) is 8.96. The summed E-state index contributed by atoms with van der Waals surface area (Å²) in [6.45, 7) is 3.93. The number of ether oxygens (including phenoxy) is 1. The van der Waals surface area contributed by atoms with E-state index in [-0.39, 0.29) is 36.2 Å². The second-order valence-electron chi connectivity index (χ2n) is 13.4. The highest BCUT2D eigenvalue weighted by Gasteiger charge is 2.64. The Bertz CT molecular complexity index is 1640. The number of nitrogens with two attached hydrogens (primary N) is 1.